The van der Waals surface area contributed by atoms with E-state index in [2.05, 4.69) is 27.7 Å². The quantitative estimate of drug-likeness (QED) is 0.468. The van der Waals surface area contributed by atoms with Crippen molar-refractivity contribution >= 4 is 23.1 Å². The molecule has 0 rings (SSSR count). The Morgan fingerprint density at radius 1 is 1.00 bits per heavy atom. The SMILES string of the molecule is [Br-].[CH2-]CCC[C@@H](C)C[C@@H](C)CCCC.[Mg+2]. The van der Waals surface area contributed by atoms with Crippen LogP contribution in [0.4, 0.5) is 0 Å². The van der Waals surface area contributed by atoms with E-state index in [1.54, 1.807) is 0 Å². The first-order chi connectivity index (χ1) is 6.20. The molecule has 0 N–H and O–H groups in total. The van der Waals surface area contributed by atoms with Crippen LogP contribution < -0.4 is 17.0 Å². The molecule has 0 saturated carbocycles. The monoisotopic (exact) mass is 286 g/mol. The van der Waals surface area contributed by atoms with Crippen LogP contribution in [0.2, 0.25) is 0 Å². The van der Waals surface area contributed by atoms with Crippen molar-refractivity contribution in [3.05, 3.63) is 6.92 Å². The van der Waals surface area contributed by atoms with Crippen LogP contribution in [-0.2, 0) is 0 Å². The summed E-state index contributed by atoms with van der Waals surface area (Å²) in [6.45, 7) is 10.9. The summed E-state index contributed by atoms with van der Waals surface area (Å²) in [6.07, 6.45) is 9.38. The average molecular weight is 288 g/mol. The fourth-order valence-corrected chi connectivity index (χ4v) is 1.97. The van der Waals surface area contributed by atoms with Crippen molar-refractivity contribution in [2.24, 2.45) is 11.8 Å². The van der Waals surface area contributed by atoms with Crippen molar-refractivity contribution in [2.45, 2.75) is 65.7 Å². The van der Waals surface area contributed by atoms with Gasteiger partial charge in [0.2, 0.25) is 0 Å². The summed E-state index contributed by atoms with van der Waals surface area (Å²) in [7, 11) is 0. The maximum atomic E-state index is 3.89. The molecular weight excluding hydrogens is 260 g/mol. The van der Waals surface area contributed by atoms with E-state index in [1.165, 1.54) is 38.5 Å². The first kappa shape index (κ1) is 21.5. The van der Waals surface area contributed by atoms with E-state index in [-0.39, 0.29) is 40.0 Å². The topological polar surface area (TPSA) is 0 Å². The molecule has 0 bridgehead atoms. The molecule has 0 radical (unpaired) electrons. The molecule has 88 valence electrons. The van der Waals surface area contributed by atoms with Crippen molar-refractivity contribution in [1.82, 2.24) is 0 Å². The third kappa shape index (κ3) is 15.2. The van der Waals surface area contributed by atoms with Crippen LogP contribution in [-0.4, -0.2) is 23.1 Å². The van der Waals surface area contributed by atoms with Crippen LogP contribution in [0.25, 0.3) is 0 Å². The predicted molar refractivity (Wildman–Crippen MR) is 67.4 cm³/mol. The van der Waals surface area contributed by atoms with Gasteiger partial charge in [-0.2, -0.15) is 6.42 Å². The molecule has 0 amide bonds. The Bertz CT molecular complexity index is 94.7. The second-order valence-corrected chi connectivity index (χ2v) is 4.58. The van der Waals surface area contributed by atoms with Crippen molar-refractivity contribution < 1.29 is 17.0 Å². The number of unbranched alkanes of at least 4 members (excludes halogenated alkanes) is 2. The largest absolute Gasteiger partial charge is 2.00 e. The summed E-state index contributed by atoms with van der Waals surface area (Å²) in [5, 5.41) is 0. The Labute approximate surface area is 124 Å². The average Bonchev–Trinajstić information content (AvgIpc) is 2.11. The van der Waals surface area contributed by atoms with E-state index in [0.717, 1.165) is 18.3 Å². The molecule has 2 heteroatoms. The molecular formula is C13H27BrMg. The van der Waals surface area contributed by atoms with E-state index in [9.17, 15) is 0 Å². The third-order valence-electron chi connectivity index (χ3n) is 2.80. The van der Waals surface area contributed by atoms with Gasteiger partial charge in [-0.1, -0.05) is 52.9 Å². The minimum Gasteiger partial charge on any atom is -1.00 e. The summed E-state index contributed by atoms with van der Waals surface area (Å²) in [5.41, 5.74) is 0. The summed E-state index contributed by atoms with van der Waals surface area (Å²) in [5.74, 6) is 1.84. The molecule has 0 saturated heterocycles. The van der Waals surface area contributed by atoms with Gasteiger partial charge in [0.05, 0.1) is 0 Å². The molecule has 0 aliphatic carbocycles. The fourth-order valence-electron chi connectivity index (χ4n) is 1.97. The van der Waals surface area contributed by atoms with Crippen LogP contribution in [0.5, 0.6) is 0 Å². The van der Waals surface area contributed by atoms with Crippen LogP contribution in [0, 0.1) is 18.8 Å². The Balaban J connectivity index is -0.000000720. The molecule has 0 aromatic heterocycles. The van der Waals surface area contributed by atoms with Crippen LogP contribution in [0.3, 0.4) is 0 Å². The van der Waals surface area contributed by atoms with E-state index in [4.69, 9.17) is 0 Å². The van der Waals surface area contributed by atoms with Gasteiger partial charge in [0.15, 0.2) is 0 Å². The molecule has 0 spiro atoms. The van der Waals surface area contributed by atoms with Gasteiger partial charge in [0.1, 0.15) is 0 Å². The van der Waals surface area contributed by atoms with Gasteiger partial charge in [0.25, 0.3) is 0 Å². The van der Waals surface area contributed by atoms with E-state index in [1.807, 2.05) is 0 Å². The Kier molecular flexibility index (Phi) is 21.9. The van der Waals surface area contributed by atoms with Gasteiger partial charge in [-0.15, -0.1) is 0 Å². The van der Waals surface area contributed by atoms with Gasteiger partial charge >= 0.3 is 23.1 Å². The first-order valence-corrected chi connectivity index (χ1v) is 5.99. The van der Waals surface area contributed by atoms with Gasteiger partial charge in [-0.3, -0.25) is 0 Å². The fraction of sp³-hybridized carbons (Fsp3) is 0.923. The molecule has 2 atom stereocenters. The molecule has 15 heavy (non-hydrogen) atoms. The third-order valence-corrected chi connectivity index (χ3v) is 2.80. The second-order valence-electron chi connectivity index (χ2n) is 4.58. The standard InChI is InChI=1S/C13H27.BrH.Mg/c1-5-7-9-12(3)11-13(4)10-8-6-2;;/h12-13H,1,5-11H2,2-4H3;1H;/q-1;;+2/p-1/t12-,13+;;/m1../s1. The van der Waals surface area contributed by atoms with Crippen LogP contribution in [0.1, 0.15) is 65.7 Å². The second kappa shape index (κ2) is 15.2. The molecule has 0 aliphatic heterocycles. The zero-order chi connectivity index (χ0) is 10.1. The minimum atomic E-state index is 0. The normalized spacial score (nSPS) is 13.6. The van der Waals surface area contributed by atoms with Crippen LogP contribution in [0.15, 0.2) is 0 Å². The van der Waals surface area contributed by atoms with Crippen LogP contribution >= 0.6 is 0 Å². The van der Waals surface area contributed by atoms with Crippen molar-refractivity contribution in [3.8, 4) is 0 Å². The summed E-state index contributed by atoms with van der Waals surface area (Å²) in [4.78, 5) is 0. The summed E-state index contributed by atoms with van der Waals surface area (Å²) in [6, 6.07) is 0. The van der Waals surface area contributed by atoms with Gasteiger partial charge in [0, 0.05) is 0 Å². The Morgan fingerprint density at radius 2 is 1.47 bits per heavy atom. The Hall–Kier alpha value is 1.25. The number of hydrogen-bond acceptors (Lipinski definition) is 0. The molecule has 0 aliphatic rings. The number of halogens is 1. The first-order valence-electron chi connectivity index (χ1n) is 5.99. The van der Waals surface area contributed by atoms with E-state index < -0.39 is 0 Å². The summed E-state index contributed by atoms with van der Waals surface area (Å²) >= 11 is 0. The van der Waals surface area contributed by atoms with Gasteiger partial charge in [-0.25, -0.2) is 0 Å². The molecule has 0 nitrogen and oxygen atoms in total. The zero-order valence-corrected chi connectivity index (χ0v) is 13.9. The van der Waals surface area contributed by atoms with E-state index in [0.29, 0.717) is 0 Å². The van der Waals surface area contributed by atoms with Gasteiger partial charge < -0.3 is 23.9 Å². The molecule has 0 heterocycles. The molecule has 0 aromatic carbocycles. The number of rotatable bonds is 8. The predicted octanol–water partition coefficient (Wildman–Crippen LogP) is 1.47. The van der Waals surface area contributed by atoms with E-state index >= 15 is 0 Å². The maximum Gasteiger partial charge on any atom is 2.00 e. The molecule has 0 aromatic rings. The smallest absolute Gasteiger partial charge is 1.00 e. The van der Waals surface area contributed by atoms with Gasteiger partial charge in [-0.05, 0) is 18.3 Å². The molecule has 0 fully saturated rings. The number of hydrogen-bond donors (Lipinski definition) is 0. The maximum absolute atomic E-state index is 3.89. The molecule has 0 unspecified atom stereocenters. The van der Waals surface area contributed by atoms with Crippen molar-refractivity contribution in [2.75, 3.05) is 0 Å². The zero-order valence-electron chi connectivity index (χ0n) is 10.9. The minimum absolute atomic E-state index is 0. The van der Waals surface area contributed by atoms with Crippen molar-refractivity contribution in [1.29, 1.82) is 0 Å². The Morgan fingerprint density at radius 3 is 1.87 bits per heavy atom. The summed E-state index contributed by atoms with van der Waals surface area (Å²) < 4.78 is 0. The van der Waals surface area contributed by atoms with Crippen molar-refractivity contribution in [3.63, 3.8) is 0 Å².